The van der Waals surface area contributed by atoms with Crippen LogP contribution in [0.15, 0.2) is 12.1 Å². The van der Waals surface area contributed by atoms with Gasteiger partial charge in [0.1, 0.15) is 13.2 Å². The largest absolute Gasteiger partial charge is 0.486 e. The number of aliphatic hydroxyl groups is 1. The lowest BCUT2D eigenvalue weighted by Crippen LogP contribution is -2.18. The topological polar surface area (TPSA) is 76.0 Å². The highest BCUT2D eigenvalue weighted by atomic mass is 16.6. The summed E-state index contributed by atoms with van der Waals surface area (Å²) in [5.41, 5.74) is 0.934. The molecule has 1 aliphatic heterocycles. The minimum Gasteiger partial charge on any atom is -0.486 e. The van der Waals surface area contributed by atoms with Gasteiger partial charge in [0.25, 0.3) is 0 Å². The molecule has 0 saturated heterocycles. The van der Waals surface area contributed by atoms with Gasteiger partial charge in [-0.1, -0.05) is 6.07 Å². The zero-order valence-corrected chi connectivity index (χ0v) is 8.77. The monoisotopic (exact) mass is 224 g/mol. The molecule has 1 heterocycles. The molecule has 1 aromatic rings. The molecule has 2 N–H and O–H groups in total. The van der Waals surface area contributed by atoms with E-state index in [2.05, 4.69) is 0 Å². The van der Waals surface area contributed by atoms with Crippen LogP contribution in [0.25, 0.3) is 0 Å². The predicted octanol–water partition coefficient (Wildman–Crippen LogP) is 0.884. The first-order valence-corrected chi connectivity index (χ1v) is 4.91. The summed E-state index contributed by atoms with van der Waals surface area (Å²) < 4.78 is 10.7. The summed E-state index contributed by atoms with van der Waals surface area (Å²) in [5.74, 6) is -0.172. The van der Waals surface area contributed by atoms with Gasteiger partial charge in [-0.05, 0) is 18.6 Å². The molecule has 0 radical (unpaired) electrons. The van der Waals surface area contributed by atoms with Gasteiger partial charge in [-0.3, -0.25) is 0 Å². The molecule has 0 saturated carbocycles. The second-order valence-electron chi connectivity index (χ2n) is 3.54. The third kappa shape index (κ3) is 1.69. The summed E-state index contributed by atoms with van der Waals surface area (Å²) in [5, 5.41) is 18.2. The summed E-state index contributed by atoms with van der Waals surface area (Å²) >= 11 is 0. The Morgan fingerprint density at radius 3 is 2.75 bits per heavy atom. The summed E-state index contributed by atoms with van der Waals surface area (Å²) in [4.78, 5) is 10.7. The molecule has 0 aromatic heterocycles. The molecule has 86 valence electrons. The SMILES string of the molecule is Cc1c(C(O)C(=O)O)ccc2c1OCCO2. The Morgan fingerprint density at radius 1 is 1.38 bits per heavy atom. The number of carbonyl (C=O) groups is 1. The van der Waals surface area contributed by atoms with E-state index in [4.69, 9.17) is 14.6 Å². The molecule has 1 unspecified atom stereocenters. The molecular weight excluding hydrogens is 212 g/mol. The van der Waals surface area contributed by atoms with E-state index in [1.54, 1.807) is 19.1 Å². The van der Waals surface area contributed by atoms with Crippen LogP contribution in [0.4, 0.5) is 0 Å². The van der Waals surface area contributed by atoms with Gasteiger partial charge in [0.2, 0.25) is 0 Å². The van der Waals surface area contributed by atoms with Crippen molar-refractivity contribution in [1.29, 1.82) is 0 Å². The van der Waals surface area contributed by atoms with Crippen LogP contribution in [0, 0.1) is 6.92 Å². The number of benzene rings is 1. The van der Waals surface area contributed by atoms with Crippen molar-refractivity contribution in [2.45, 2.75) is 13.0 Å². The van der Waals surface area contributed by atoms with Gasteiger partial charge < -0.3 is 19.7 Å². The normalized spacial score (nSPS) is 15.6. The fraction of sp³-hybridized carbons (Fsp3) is 0.364. The van der Waals surface area contributed by atoms with Crippen molar-refractivity contribution in [1.82, 2.24) is 0 Å². The number of fused-ring (bicyclic) bond motifs is 1. The number of aliphatic hydroxyl groups excluding tert-OH is 1. The fourth-order valence-electron chi connectivity index (χ4n) is 1.70. The third-order valence-corrected chi connectivity index (χ3v) is 2.53. The Balaban J connectivity index is 2.45. The second-order valence-corrected chi connectivity index (χ2v) is 3.54. The first kappa shape index (κ1) is 10.8. The van der Waals surface area contributed by atoms with Gasteiger partial charge in [-0.15, -0.1) is 0 Å². The van der Waals surface area contributed by atoms with Crippen molar-refractivity contribution in [3.63, 3.8) is 0 Å². The van der Waals surface area contributed by atoms with Crippen molar-refractivity contribution in [3.05, 3.63) is 23.3 Å². The van der Waals surface area contributed by atoms with Gasteiger partial charge in [-0.2, -0.15) is 0 Å². The molecule has 0 spiro atoms. The van der Waals surface area contributed by atoms with E-state index in [0.717, 1.165) is 0 Å². The number of carboxylic acids is 1. The number of aliphatic carboxylic acids is 1. The van der Waals surface area contributed by atoms with Crippen LogP contribution in [0.1, 0.15) is 17.2 Å². The minimum atomic E-state index is -1.53. The van der Waals surface area contributed by atoms with E-state index in [1.807, 2.05) is 0 Å². The summed E-state index contributed by atoms with van der Waals surface area (Å²) in [6.07, 6.45) is -1.53. The zero-order chi connectivity index (χ0) is 11.7. The maximum Gasteiger partial charge on any atom is 0.337 e. The highest BCUT2D eigenvalue weighted by molar-refractivity contribution is 5.75. The van der Waals surface area contributed by atoms with Gasteiger partial charge in [0.05, 0.1) is 0 Å². The first-order chi connectivity index (χ1) is 7.61. The molecule has 5 nitrogen and oxygen atoms in total. The smallest absolute Gasteiger partial charge is 0.337 e. The van der Waals surface area contributed by atoms with Crippen LogP contribution in [0.2, 0.25) is 0 Å². The lowest BCUT2D eigenvalue weighted by Gasteiger charge is -2.22. The van der Waals surface area contributed by atoms with Crippen molar-refractivity contribution < 1.29 is 24.5 Å². The molecule has 1 aliphatic rings. The summed E-state index contributed by atoms with van der Waals surface area (Å²) in [6, 6.07) is 3.16. The van der Waals surface area contributed by atoms with E-state index >= 15 is 0 Å². The van der Waals surface area contributed by atoms with Crippen molar-refractivity contribution in [2.24, 2.45) is 0 Å². The summed E-state index contributed by atoms with van der Waals surface area (Å²) in [6.45, 7) is 2.61. The Hall–Kier alpha value is -1.75. The molecule has 0 amide bonds. The molecule has 0 fully saturated rings. The Morgan fingerprint density at radius 2 is 2.06 bits per heavy atom. The van der Waals surface area contributed by atoms with E-state index < -0.39 is 12.1 Å². The van der Waals surface area contributed by atoms with E-state index in [1.165, 1.54) is 0 Å². The standard InChI is InChI=1S/C11H12O5/c1-6-7(9(12)11(13)14)2-3-8-10(6)16-5-4-15-8/h2-3,9,12H,4-5H2,1H3,(H,13,14). The molecule has 2 rings (SSSR count). The predicted molar refractivity (Wildman–Crippen MR) is 54.8 cm³/mol. The van der Waals surface area contributed by atoms with Gasteiger partial charge in [0.15, 0.2) is 17.6 Å². The Labute approximate surface area is 92.2 Å². The Bertz CT molecular complexity index is 427. The Kier molecular flexibility index (Phi) is 2.70. The number of ether oxygens (including phenoxy) is 2. The quantitative estimate of drug-likeness (QED) is 0.780. The molecule has 0 bridgehead atoms. The number of carboxylic acid groups (broad SMARTS) is 1. The van der Waals surface area contributed by atoms with E-state index in [9.17, 15) is 9.90 Å². The second kappa shape index (κ2) is 4.02. The van der Waals surface area contributed by atoms with Gasteiger partial charge in [-0.25, -0.2) is 4.79 Å². The van der Waals surface area contributed by atoms with Crippen LogP contribution < -0.4 is 9.47 Å². The van der Waals surface area contributed by atoms with Gasteiger partial charge >= 0.3 is 5.97 Å². The molecular formula is C11H12O5. The average molecular weight is 224 g/mol. The van der Waals surface area contributed by atoms with Crippen LogP contribution in [-0.4, -0.2) is 29.4 Å². The van der Waals surface area contributed by atoms with E-state index in [-0.39, 0.29) is 0 Å². The van der Waals surface area contributed by atoms with Crippen molar-refractivity contribution >= 4 is 5.97 Å². The maximum absolute atomic E-state index is 10.7. The maximum atomic E-state index is 10.7. The molecule has 0 aliphatic carbocycles. The van der Waals surface area contributed by atoms with Crippen LogP contribution in [0.3, 0.4) is 0 Å². The highest BCUT2D eigenvalue weighted by Gasteiger charge is 2.23. The highest BCUT2D eigenvalue weighted by Crippen LogP contribution is 2.37. The van der Waals surface area contributed by atoms with Crippen LogP contribution in [-0.2, 0) is 4.79 Å². The number of rotatable bonds is 2. The van der Waals surface area contributed by atoms with Crippen LogP contribution >= 0.6 is 0 Å². The van der Waals surface area contributed by atoms with Crippen LogP contribution in [0.5, 0.6) is 11.5 Å². The average Bonchev–Trinajstić information content (AvgIpc) is 2.29. The number of hydrogen-bond acceptors (Lipinski definition) is 4. The first-order valence-electron chi connectivity index (χ1n) is 4.91. The molecule has 1 atom stereocenters. The molecule has 5 heteroatoms. The van der Waals surface area contributed by atoms with Crippen molar-refractivity contribution in [2.75, 3.05) is 13.2 Å². The third-order valence-electron chi connectivity index (χ3n) is 2.53. The fourth-order valence-corrected chi connectivity index (χ4v) is 1.70. The number of hydrogen-bond donors (Lipinski definition) is 2. The molecule has 1 aromatic carbocycles. The van der Waals surface area contributed by atoms with Gasteiger partial charge in [0, 0.05) is 5.56 Å². The minimum absolute atomic E-state index is 0.330. The lowest BCUT2D eigenvalue weighted by molar-refractivity contribution is -0.147. The van der Waals surface area contributed by atoms with Crippen molar-refractivity contribution in [3.8, 4) is 11.5 Å². The zero-order valence-electron chi connectivity index (χ0n) is 8.77. The summed E-state index contributed by atoms with van der Waals surface area (Å²) in [7, 11) is 0. The van der Waals surface area contributed by atoms with E-state index in [0.29, 0.717) is 35.8 Å². The molecule has 16 heavy (non-hydrogen) atoms. The lowest BCUT2D eigenvalue weighted by atomic mass is 10.0.